The minimum atomic E-state index is -0.456. The van der Waals surface area contributed by atoms with Crippen molar-refractivity contribution < 1.29 is 9.53 Å². The maximum atomic E-state index is 11.6. The maximum absolute atomic E-state index is 11.6. The SMILES string of the molecule is COC(=O)C1(C)CC(C2CCNC2)CN1. The summed E-state index contributed by atoms with van der Waals surface area (Å²) < 4.78 is 4.83. The fourth-order valence-electron chi connectivity index (χ4n) is 2.82. The summed E-state index contributed by atoms with van der Waals surface area (Å²) in [4.78, 5) is 11.6. The van der Waals surface area contributed by atoms with Crippen molar-refractivity contribution in [3.8, 4) is 0 Å². The lowest BCUT2D eigenvalue weighted by Gasteiger charge is -2.22. The molecule has 86 valence electrons. The van der Waals surface area contributed by atoms with Crippen LogP contribution in [0.15, 0.2) is 0 Å². The topological polar surface area (TPSA) is 50.4 Å². The van der Waals surface area contributed by atoms with Crippen LogP contribution in [-0.2, 0) is 9.53 Å². The summed E-state index contributed by atoms with van der Waals surface area (Å²) in [5.74, 6) is 1.21. The largest absolute Gasteiger partial charge is 0.468 e. The van der Waals surface area contributed by atoms with Gasteiger partial charge in [0.1, 0.15) is 5.54 Å². The third-order valence-corrected chi connectivity index (χ3v) is 3.83. The van der Waals surface area contributed by atoms with E-state index in [2.05, 4.69) is 10.6 Å². The highest BCUT2D eigenvalue weighted by Gasteiger charge is 2.44. The van der Waals surface area contributed by atoms with Crippen molar-refractivity contribution in [2.75, 3.05) is 26.7 Å². The van der Waals surface area contributed by atoms with E-state index in [0.717, 1.165) is 32.0 Å². The number of hydrogen-bond donors (Lipinski definition) is 2. The van der Waals surface area contributed by atoms with Gasteiger partial charge in [0.15, 0.2) is 0 Å². The summed E-state index contributed by atoms with van der Waals surface area (Å²) in [7, 11) is 1.46. The number of methoxy groups -OCH3 is 1. The Labute approximate surface area is 90.8 Å². The first-order valence-electron chi connectivity index (χ1n) is 5.70. The summed E-state index contributed by atoms with van der Waals surface area (Å²) >= 11 is 0. The second kappa shape index (κ2) is 4.10. The van der Waals surface area contributed by atoms with Gasteiger partial charge < -0.3 is 15.4 Å². The van der Waals surface area contributed by atoms with Gasteiger partial charge in [-0.3, -0.25) is 4.79 Å². The van der Waals surface area contributed by atoms with Crippen LogP contribution in [0.4, 0.5) is 0 Å². The zero-order valence-electron chi connectivity index (χ0n) is 9.51. The molecule has 0 aromatic rings. The third kappa shape index (κ3) is 2.01. The first-order valence-corrected chi connectivity index (χ1v) is 5.70. The van der Waals surface area contributed by atoms with E-state index in [0.29, 0.717) is 5.92 Å². The molecule has 2 aliphatic rings. The van der Waals surface area contributed by atoms with Crippen LogP contribution >= 0.6 is 0 Å². The minimum absolute atomic E-state index is 0.129. The number of rotatable bonds is 2. The Kier molecular flexibility index (Phi) is 2.98. The van der Waals surface area contributed by atoms with Gasteiger partial charge in [0.05, 0.1) is 7.11 Å². The molecular weight excluding hydrogens is 192 g/mol. The normalized spacial score (nSPS) is 40.7. The summed E-state index contributed by atoms with van der Waals surface area (Å²) in [6.07, 6.45) is 2.15. The highest BCUT2D eigenvalue weighted by Crippen LogP contribution is 2.32. The molecule has 0 radical (unpaired) electrons. The van der Waals surface area contributed by atoms with Crippen molar-refractivity contribution >= 4 is 5.97 Å². The molecule has 2 saturated heterocycles. The Morgan fingerprint density at radius 1 is 1.40 bits per heavy atom. The van der Waals surface area contributed by atoms with Crippen molar-refractivity contribution in [2.24, 2.45) is 11.8 Å². The zero-order valence-corrected chi connectivity index (χ0v) is 9.51. The molecule has 0 amide bonds. The highest BCUT2D eigenvalue weighted by molar-refractivity contribution is 5.80. The number of esters is 1. The smallest absolute Gasteiger partial charge is 0.325 e. The van der Waals surface area contributed by atoms with Gasteiger partial charge in [-0.25, -0.2) is 0 Å². The molecule has 2 fully saturated rings. The molecule has 3 unspecified atom stereocenters. The van der Waals surface area contributed by atoms with Crippen molar-refractivity contribution in [1.82, 2.24) is 10.6 Å². The monoisotopic (exact) mass is 212 g/mol. The van der Waals surface area contributed by atoms with Crippen LogP contribution in [-0.4, -0.2) is 38.3 Å². The molecule has 2 N–H and O–H groups in total. The summed E-state index contributed by atoms with van der Waals surface area (Å²) in [5.41, 5.74) is -0.456. The summed E-state index contributed by atoms with van der Waals surface area (Å²) in [6, 6.07) is 0. The number of carbonyl (C=O) groups is 1. The second-order valence-electron chi connectivity index (χ2n) is 4.92. The number of hydrogen-bond acceptors (Lipinski definition) is 4. The molecule has 0 aliphatic carbocycles. The third-order valence-electron chi connectivity index (χ3n) is 3.83. The van der Waals surface area contributed by atoms with Crippen LogP contribution in [0, 0.1) is 11.8 Å². The second-order valence-corrected chi connectivity index (χ2v) is 4.92. The van der Waals surface area contributed by atoms with Crippen LogP contribution in [0.3, 0.4) is 0 Å². The predicted molar refractivity (Wildman–Crippen MR) is 57.5 cm³/mol. The minimum Gasteiger partial charge on any atom is -0.468 e. The fourth-order valence-corrected chi connectivity index (χ4v) is 2.82. The van der Waals surface area contributed by atoms with Gasteiger partial charge >= 0.3 is 5.97 Å². The molecule has 0 bridgehead atoms. The lowest BCUT2D eigenvalue weighted by Crippen LogP contribution is -2.45. The van der Waals surface area contributed by atoms with Gasteiger partial charge in [-0.15, -0.1) is 0 Å². The molecule has 0 aromatic carbocycles. The van der Waals surface area contributed by atoms with Crippen LogP contribution in [0.25, 0.3) is 0 Å². The van der Waals surface area contributed by atoms with Crippen LogP contribution in [0.1, 0.15) is 19.8 Å². The molecule has 4 nitrogen and oxygen atoms in total. The number of nitrogens with one attached hydrogen (secondary N) is 2. The van der Waals surface area contributed by atoms with Gasteiger partial charge in [0.2, 0.25) is 0 Å². The standard InChI is InChI=1S/C11H20N2O2/c1-11(10(14)15-2)5-9(7-13-11)8-3-4-12-6-8/h8-9,12-13H,3-7H2,1-2H3. The molecule has 0 spiro atoms. The van der Waals surface area contributed by atoms with E-state index in [1.165, 1.54) is 13.5 Å². The molecular formula is C11H20N2O2. The Balaban J connectivity index is 1.96. The van der Waals surface area contributed by atoms with E-state index in [-0.39, 0.29) is 5.97 Å². The Hall–Kier alpha value is -0.610. The lowest BCUT2D eigenvalue weighted by molar-refractivity contribution is -0.147. The summed E-state index contributed by atoms with van der Waals surface area (Å²) in [6.45, 7) is 5.11. The maximum Gasteiger partial charge on any atom is 0.325 e. The van der Waals surface area contributed by atoms with Gasteiger partial charge in [0.25, 0.3) is 0 Å². The van der Waals surface area contributed by atoms with Gasteiger partial charge in [-0.1, -0.05) is 0 Å². The number of carbonyl (C=O) groups excluding carboxylic acids is 1. The molecule has 2 heterocycles. The van der Waals surface area contributed by atoms with E-state index >= 15 is 0 Å². The molecule has 2 aliphatic heterocycles. The van der Waals surface area contributed by atoms with E-state index in [4.69, 9.17) is 4.74 Å². The Morgan fingerprint density at radius 3 is 2.80 bits per heavy atom. The van der Waals surface area contributed by atoms with E-state index in [1.807, 2.05) is 6.92 Å². The fraction of sp³-hybridized carbons (Fsp3) is 0.909. The Bertz CT molecular complexity index is 251. The lowest BCUT2D eigenvalue weighted by atomic mass is 9.85. The molecule has 3 atom stereocenters. The average molecular weight is 212 g/mol. The van der Waals surface area contributed by atoms with E-state index in [9.17, 15) is 4.79 Å². The van der Waals surface area contributed by atoms with Crippen molar-refractivity contribution in [1.29, 1.82) is 0 Å². The summed E-state index contributed by atoms with van der Waals surface area (Å²) in [5, 5.41) is 6.68. The van der Waals surface area contributed by atoms with Crippen LogP contribution in [0.5, 0.6) is 0 Å². The Morgan fingerprint density at radius 2 is 2.20 bits per heavy atom. The molecule has 2 rings (SSSR count). The van der Waals surface area contributed by atoms with Crippen molar-refractivity contribution in [2.45, 2.75) is 25.3 Å². The van der Waals surface area contributed by atoms with Crippen molar-refractivity contribution in [3.05, 3.63) is 0 Å². The molecule has 0 aromatic heterocycles. The van der Waals surface area contributed by atoms with Gasteiger partial charge in [0, 0.05) is 0 Å². The molecule has 0 saturated carbocycles. The highest BCUT2D eigenvalue weighted by atomic mass is 16.5. The first-order chi connectivity index (χ1) is 7.15. The molecule has 15 heavy (non-hydrogen) atoms. The van der Waals surface area contributed by atoms with Gasteiger partial charge in [-0.05, 0) is 51.2 Å². The quantitative estimate of drug-likeness (QED) is 0.639. The van der Waals surface area contributed by atoms with Crippen LogP contribution in [0.2, 0.25) is 0 Å². The zero-order chi connectivity index (χ0) is 10.9. The predicted octanol–water partition coefficient (Wildman–Crippen LogP) is 0.137. The van der Waals surface area contributed by atoms with Gasteiger partial charge in [-0.2, -0.15) is 0 Å². The molecule has 4 heteroatoms. The van der Waals surface area contributed by atoms with E-state index < -0.39 is 5.54 Å². The first kappa shape index (κ1) is 10.9. The number of ether oxygens (including phenoxy) is 1. The average Bonchev–Trinajstić information content (AvgIpc) is 2.85. The van der Waals surface area contributed by atoms with Crippen molar-refractivity contribution in [3.63, 3.8) is 0 Å². The van der Waals surface area contributed by atoms with Crippen LogP contribution < -0.4 is 10.6 Å². The van der Waals surface area contributed by atoms with E-state index in [1.54, 1.807) is 0 Å².